The summed E-state index contributed by atoms with van der Waals surface area (Å²) in [6.07, 6.45) is -0.120. The van der Waals surface area contributed by atoms with Gasteiger partial charge in [0.25, 0.3) is 0 Å². The molecule has 0 heterocycles. The van der Waals surface area contributed by atoms with Crippen LogP contribution in [0.2, 0.25) is 0 Å². The number of amides is 1. The Kier molecular flexibility index (Phi) is 6.13. The van der Waals surface area contributed by atoms with Crippen LogP contribution in [0.4, 0.5) is 5.69 Å². The van der Waals surface area contributed by atoms with Gasteiger partial charge < -0.3 is 5.32 Å². The molecule has 2 rings (SSSR count). The van der Waals surface area contributed by atoms with Gasteiger partial charge in [0.05, 0.1) is 9.79 Å². The molecule has 2 aromatic carbocycles. The van der Waals surface area contributed by atoms with E-state index < -0.39 is 26.0 Å². The molecule has 0 bridgehead atoms. The number of primary sulfonamides is 1. The van der Waals surface area contributed by atoms with Crippen molar-refractivity contribution in [3.63, 3.8) is 0 Å². The van der Waals surface area contributed by atoms with Gasteiger partial charge in [-0.25, -0.2) is 26.7 Å². The Morgan fingerprint density at radius 1 is 1.00 bits per heavy atom. The minimum atomic E-state index is -3.87. The van der Waals surface area contributed by atoms with E-state index >= 15 is 0 Å². The molecule has 2 aromatic rings. The fraction of sp³-hybridized carbons (Fsp3) is 0.188. The molecule has 0 aliphatic heterocycles. The van der Waals surface area contributed by atoms with Gasteiger partial charge in [-0.2, -0.15) is 0 Å². The van der Waals surface area contributed by atoms with Crippen molar-refractivity contribution in [2.45, 2.75) is 23.1 Å². The molecular formula is C16H19N3O5S2. The second-order valence-electron chi connectivity index (χ2n) is 5.58. The Morgan fingerprint density at radius 2 is 1.65 bits per heavy atom. The molecule has 10 heteroatoms. The quantitative estimate of drug-likeness (QED) is 0.639. The number of nitrogens with one attached hydrogen (secondary N) is 2. The number of rotatable bonds is 7. The molecule has 8 nitrogen and oxygen atoms in total. The molecule has 0 aliphatic carbocycles. The molecule has 0 atom stereocenters. The zero-order valence-electron chi connectivity index (χ0n) is 14.0. The number of nitrogens with two attached hydrogens (primary N) is 1. The predicted molar refractivity (Wildman–Crippen MR) is 97.4 cm³/mol. The van der Waals surface area contributed by atoms with Gasteiger partial charge in [0.1, 0.15) is 0 Å². The minimum absolute atomic E-state index is 0.100. The van der Waals surface area contributed by atoms with Crippen LogP contribution in [0.15, 0.2) is 58.3 Å². The number of anilines is 1. The smallest absolute Gasteiger partial charge is 0.240 e. The number of sulfonamides is 2. The summed E-state index contributed by atoms with van der Waals surface area (Å²) in [7, 11) is -7.57. The van der Waals surface area contributed by atoms with Gasteiger partial charge in [0.2, 0.25) is 26.0 Å². The van der Waals surface area contributed by atoms with Crippen molar-refractivity contribution in [3.05, 3.63) is 54.1 Å². The predicted octanol–water partition coefficient (Wildman–Crippen LogP) is 0.950. The van der Waals surface area contributed by atoms with Crippen LogP contribution in [-0.2, 0) is 24.8 Å². The van der Waals surface area contributed by atoms with Crippen LogP contribution in [0.3, 0.4) is 0 Å². The third-order valence-corrected chi connectivity index (χ3v) is 5.81. The SMILES string of the molecule is Cc1ccc(S(=O)(=O)NCCC(=O)Nc2cccc(S(N)(=O)=O)c2)cc1. The van der Waals surface area contributed by atoms with Gasteiger partial charge in [0, 0.05) is 18.7 Å². The zero-order valence-corrected chi connectivity index (χ0v) is 15.6. The fourth-order valence-electron chi connectivity index (χ4n) is 2.07. The highest BCUT2D eigenvalue weighted by Crippen LogP contribution is 2.14. The van der Waals surface area contributed by atoms with Crippen molar-refractivity contribution >= 4 is 31.6 Å². The lowest BCUT2D eigenvalue weighted by molar-refractivity contribution is -0.116. The standard InChI is InChI=1S/C16H19N3O5S2/c1-12-5-7-14(8-6-12)26(23,24)18-10-9-16(20)19-13-3-2-4-15(11-13)25(17,21)22/h2-8,11,18H,9-10H2,1H3,(H,19,20)(H2,17,21,22). The summed E-state index contributed by atoms with van der Waals surface area (Å²) in [5.74, 6) is -0.469. The number of carbonyl (C=O) groups excluding carboxylic acids is 1. The first-order chi connectivity index (χ1) is 12.1. The Morgan fingerprint density at radius 3 is 2.27 bits per heavy atom. The van der Waals surface area contributed by atoms with E-state index in [1.54, 1.807) is 12.1 Å². The fourth-order valence-corrected chi connectivity index (χ4v) is 3.67. The Hall–Kier alpha value is -2.27. The molecule has 4 N–H and O–H groups in total. The summed E-state index contributed by atoms with van der Waals surface area (Å²) >= 11 is 0. The maximum absolute atomic E-state index is 12.1. The molecule has 0 saturated carbocycles. The molecule has 140 valence electrons. The van der Waals surface area contributed by atoms with E-state index in [-0.39, 0.29) is 28.4 Å². The van der Waals surface area contributed by atoms with Crippen molar-refractivity contribution in [1.29, 1.82) is 0 Å². The summed E-state index contributed by atoms with van der Waals surface area (Å²) in [5.41, 5.74) is 1.19. The van der Waals surface area contributed by atoms with Crippen LogP contribution in [0, 0.1) is 6.92 Å². The van der Waals surface area contributed by atoms with E-state index in [0.717, 1.165) is 5.56 Å². The summed E-state index contributed by atoms with van der Waals surface area (Å²) < 4.78 is 49.2. The normalized spacial score (nSPS) is 11.9. The number of hydrogen-bond acceptors (Lipinski definition) is 5. The Balaban J connectivity index is 1.92. The molecule has 0 spiro atoms. The topological polar surface area (TPSA) is 135 Å². The van der Waals surface area contributed by atoms with Crippen LogP contribution in [0.1, 0.15) is 12.0 Å². The summed E-state index contributed by atoms with van der Waals surface area (Å²) in [6.45, 7) is 1.75. The largest absolute Gasteiger partial charge is 0.326 e. The molecule has 0 radical (unpaired) electrons. The summed E-state index contributed by atoms with van der Waals surface area (Å²) in [5, 5.41) is 7.53. The summed E-state index contributed by atoms with van der Waals surface area (Å²) in [4.78, 5) is 11.9. The first-order valence-corrected chi connectivity index (χ1v) is 10.6. The first-order valence-electron chi connectivity index (χ1n) is 7.57. The molecule has 1 amide bonds. The molecule has 0 aliphatic rings. The van der Waals surface area contributed by atoms with Crippen molar-refractivity contribution in [1.82, 2.24) is 4.72 Å². The molecular weight excluding hydrogens is 378 g/mol. The molecule has 0 saturated heterocycles. The van der Waals surface area contributed by atoms with E-state index in [9.17, 15) is 21.6 Å². The highest BCUT2D eigenvalue weighted by molar-refractivity contribution is 7.89. The monoisotopic (exact) mass is 397 g/mol. The van der Waals surface area contributed by atoms with Gasteiger partial charge in [-0.05, 0) is 37.3 Å². The highest BCUT2D eigenvalue weighted by atomic mass is 32.2. The molecule has 0 fully saturated rings. The number of aryl methyl sites for hydroxylation is 1. The lowest BCUT2D eigenvalue weighted by Crippen LogP contribution is -2.27. The maximum Gasteiger partial charge on any atom is 0.240 e. The van der Waals surface area contributed by atoms with E-state index in [1.165, 1.54) is 36.4 Å². The van der Waals surface area contributed by atoms with Crippen molar-refractivity contribution in [2.24, 2.45) is 5.14 Å². The van der Waals surface area contributed by atoms with E-state index in [1.807, 2.05) is 6.92 Å². The third-order valence-electron chi connectivity index (χ3n) is 3.42. The van der Waals surface area contributed by atoms with Gasteiger partial charge in [-0.3, -0.25) is 4.79 Å². The second-order valence-corrected chi connectivity index (χ2v) is 8.91. The van der Waals surface area contributed by atoms with E-state index in [4.69, 9.17) is 5.14 Å². The highest BCUT2D eigenvalue weighted by Gasteiger charge is 2.14. The second kappa shape index (κ2) is 7.96. The molecule has 26 heavy (non-hydrogen) atoms. The van der Waals surface area contributed by atoms with Crippen LogP contribution >= 0.6 is 0 Å². The first kappa shape index (κ1) is 20.0. The molecule has 0 aromatic heterocycles. The van der Waals surface area contributed by atoms with Crippen LogP contribution < -0.4 is 15.2 Å². The molecule has 0 unspecified atom stereocenters. The van der Waals surface area contributed by atoms with Gasteiger partial charge in [-0.1, -0.05) is 23.8 Å². The van der Waals surface area contributed by atoms with Crippen molar-refractivity contribution in [2.75, 3.05) is 11.9 Å². The summed E-state index contributed by atoms with van der Waals surface area (Å²) in [6, 6.07) is 11.8. The lowest BCUT2D eigenvalue weighted by Gasteiger charge is -2.08. The van der Waals surface area contributed by atoms with Crippen molar-refractivity contribution in [3.8, 4) is 0 Å². The minimum Gasteiger partial charge on any atom is -0.326 e. The maximum atomic E-state index is 12.1. The number of benzene rings is 2. The Labute approximate surface area is 152 Å². The van der Waals surface area contributed by atoms with Crippen LogP contribution in [-0.4, -0.2) is 29.3 Å². The van der Waals surface area contributed by atoms with Gasteiger partial charge in [-0.15, -0.1) is 0 Å². The van der Waals surface area contributed by atoms with Crippen molar-refractivity contribution < 1.29 is 21.6 Å². The zero-order chi connectivity index (χ0) is 19.4. The number of hydrogen-bond donors (Lipinski definition) is 3. The Bertz CT molecular complexity index is 1000. The third kappa shape index (κ3) is 5.63. The van der Waals surface area contributed by atoms with Gasteiger partial charge >= 0.3 is 0 Å². The van der Waals surface area contributed by atoms with E-state index in [0.29, 0.717) is 0 Å². The average molecular weight is 397 g/mol. The van der Waals surface area contributed by atoms with Crippen LogP contribution in [0.5, 0.6) is 0 Å². The van der Waals surface area contributed by atoms with Crippen LogP contribution in [0.25, 0.3) is 0 Å². The average Bonchev–Trinajstić information content (AvgIpc) is 2.54. The van der Waals surface area contributed by atoms with Gasteiger partial charge in [0.15, 0.2) is 0 Å². The lowest BCUT2D eigenvalue weighted by atomic mass is 10.2. The van der Waals surface area contributed by atoms with E-state index in [2.05, 4.69) is 10.0 Å². The number of carbonyl (C=O) groups is 1.